The van der Waals surface area contributed by atoms with Crippen LogP contribution in [-0.4, -0.2) is 58.7 Å². The number of amides is 2. The van der Waals surface area contributed by atoms with Gasteiger partial charge in [0.1, 0.15) is 22.8 Å². The average molecular weight is 674 g/mol. The molecular formula is C27H28F9N5O3S. The molecule has 45 heavy (non-hydrogen) atoms. The monoisotopic (exact) mass is 673 g/mol. The molecule has 18 heteroatoms. The number of rotatable bonds is 9. The standard InChI is InChI=1S/C27H28F9N5O3S/c1-16(28)44-21-11-23(40(14-21)15-37)26(43)41(20-2-4-22(5-3-20)45(32,33,34,35)36)24(17-10-18(29)13-38-12-17)25(42)39-19-6-8-27(30,31)9-7-19/h2-5,10,12-13,16,19,21,23-24H,6-9,11,14H2,1H3,(H,39,42)/t16?,21-,23-,24-/m1/s1. The fourth-order valence-electron chi connectivity index (χ4n) is 5.39. The molecule has 2 heterocycles. The number of aromatic nitrogens is 1. The summed E-state index contributed by atoms with van der Waals surface area (Å²) in [4.78, 5) is 30.8. The van der Waals surface area contributed by atoms with E-state index in [0.29, 0.717) is 17.0 Å². The normalized spacial score (nSPS) is 23.3. The van der Waals surface area contributed by atoms with Gasteiger partial charge in [0.05, 0.1) is 18.8 Å². The van der Waals surface area contributed by atoms with E-state index in [9.17, 15) is 51.8 Å². The maximum Gasteiger partial charge on any atom is 0.310 e. The second-order valence-electron chi connectivity index (χ2n) is 11.0. The Bertz CT molecular complexity index is 1460. The fourth-order valence-corrected chi connectivity index (χ4v) is 6.04. The molecule has 0 bridgehead atoms. The number of alkyl halides is 3. The van der Waals surface area contributed by atoms with E-state index in [4.69, 9.17) is 4.74 Å². The van der Waals surface area contributed by atoms with Gasteiger partial charge in [0.2, 0.25) is 11.8 Å². The van der Waals surface area contributed by atoms with Crippen LogP contribution in [0.25, 0.3) is 0 Å². The lowest BCUT2D eigenvalue weighted by atomic mass is 9.91. The summed E-state index contributed by atoms with van der Waals surface area (Å²) in [5.41, 5.74) is -0.850. The molecule has 0 spiro atoms. The van der Waals surface area contributed by atoms with Gasteiger partial charge in [0.15, 0.2) is 12.6 Å². The molecule has 8 nitrogen and oxygen atoms in total. The maximum absolute atomic E-state index is 14.4. The first-order valence-electron chi connectivity index (χ1n) is 13.6. The van der Waals surface area contributed by atoms with Crippen molar-refractivity contribution in [3.63, 3.8) is 0 Å². The zero-order chi connectivity index (χ0) is 33.4. The van der Waals surface area contributed by atoms with Crippen LogP contribution >= 0.6 is 10.2 Å². The van der Waals surface area contributed by atoms with Gasteiger partial charge in [-0.15, -0.1) is 0 Å². The van der Waals surface area contributed by atoms with Crippen LogP contribution in [-0.2, 0) is 14.3 Å². The van der Waals surface area contributed by atoms with E-state index in [-0.39, 0.29) is 43.5 Å². The molecular weight excluding hydrogens is 645 g/mol. The first-order chi connectivity index (χ1) is 20.7. The van der Waals surface area contributed by atoms with Crippen LogP contribution < -0.4 is 10.2 Å². The van der Waals surface area contributed by atoms with E-state index >= 15 is 0 Å². The predicted molar refractivity (Wildman–Crippen MR) is 144 cm³/mol. The van der Waals surface area contributed by atoms with Gasteiger partial charge in [0, 0.05) is 42.8 Å². The van der Waals surface area contributed by atoms with E-state index in [1.165, 1.54) is 0 Å². The summed E-state index contributed by atoms with van der Waals surface area (Å²) in [7, 11) is -10.2. The van der Waals surface area contributed by atoms with Gasteiger partial charge in [0.25, 0.3) is 5.91 Å². The molecule has 1 aliphatic carbocycles. The quantitative estimate of drug-likeness (QED) is 0.230. The number of ether oxygens (including phenoxy) is 1. The summed E-state index contributed by atoms with van der Waals surface area (Å²) in [6.07, 6.45) is -1.18. The minimum atomic E-state index is -10.2. The number of halogens is 9. The third-order valence-electron chi connectivity index (χ3n) is 7.47. The molecule has 2 amide bonds. The van der Waals surface area contributed by atoms with Crippen molar-refractivity contribution >= 4 is 27.7 Å². The molecule has 4 atom stereocenters. The van der Waals surface area contributed by atoms with Gasteiger partial charge >= 0.3 is 10.2 Å². The number of carbonyl (C=O) groups is 2. The predicted octanol–water partition coefficient (Wildman–Crippen LogP) is 6.90. The van der Waals surface area contributed by atoms with E-state index in [2.05, 4.69) is 10.3 Å². The SMILES string of the molecule is CC(F)O[C@@H]1C[C@H](C(=O)N(c2ccc(S(F)(F)(F)(F)F)cc2)[C@@H](C(=O)NC2CCC(F)(F)CC2)c2cncc(F)c2)N(C#N)C1. The summed E-state index contributed by atoms with van der Waals surface area (Å²) >= 11 is 0. The zero-order valence-electron chi connectivity index (χ0n) is 23.5. The lowest BCUT2D eigenvalue weighted by molar-refractivity contribution is -0.129. The van der Waals surface area contributed by atoms with Crippen LogP contribution in [0.1, 0.15) is 50.6 Å². The first-order valence-corrected chi connectivity index (χ1v) is 15.5. The van der Waals surface area contributed by atoms with Crippen molar-refractivity contribution in [2.45, 2.75) is 80.4 Å². The van der Waals surface area contributed by atoms with Crippen LogP contribution in [0.3, 0.4) is 0 Å². The average Bonchev–Trinajstić information content (AvgIpc) is 3.33. The van der Waals surface area contributed by atoms with Crippen LogP contribution in [0.5, 0.6) is 0 Å². The first kappa shape index (κ1) is 34.2. The highest BCUT2D eigenvalue weighted by molar-refractivity contribution is 8.45. The van der Waals surface area contributed by atoms with Gasteiger partial charge in [-0.25, -0.2) is 17.6 Å². The Morgan fingerprint density at radius 3 is 2.29 bits per heavy atom. The van der Waals surface area contributed by atoms with E-state index in [1.807, 2.05) is 0 Å². The summed E-state index contributed by atoms with van der Waals surface area (Å²) in [5, 5.41) is 12.2. The Morgan fingerprint density at radius 2 is 1.76 bits per heavy atom. The van der Waals surface area contributed by atoms with Gasteiger partial charge < -0.3 is 10.1 Å². The third-order valence-corrected chi connectivity index (χ3v) is 8.63. The number of nitriles is 1. The number of pyridine rings is 1. The van der Waals surface area contributed by atoms with Gasteiger partial charge in [-0.2, -0.15) is 5.26 Å². The van der Waals surface area contributed by atoms with Crippen molar-refractivity contribution in [1.29, 1.82) is 5.26 Å². The van der Waals surface area contributed by atoms with E-state index in [0.717, 1.165) is 30.3 Å². The summed E-state index contributed by atoms with van der Waals surface area (Å²) in [6.45, 7) is 0.768. The second-order valence-corrected chi connectivity index (χ2v) is 13.4. The topological polar surface area (TPSA) is 98.6 Å². The summed E-state index contributed by atoms with van der Waals surface area (Å²) in [5.74, 6) is -6.17. The molecule has 1 aromatic heterocycles. The smallest absolute Gasteiger partial charge is 0.310 e. The Labute approximate surface area is 251 Å². The van der Waals surface area contributed by atoms with Crippen LogP contribution in [0, 0.1) is 17.3 Å². The van der Waals surface area contributed by atoms with Crippen LogP contribution in [0.2, 0.25) is 0 Å². The number of likely N-dealkylation sites (tertiary alicyclic amines) is 1. The molecule has 1 aliphatic heterocycles. The Morgan fingerprint density at radius 1 is 1.13 bits per heavy atom. The summed E-state index contributed by atoms with van der Waals surface area (Å²) < 4.78 is 128. The molecule has 2 fully saturated rings. The number of benzene rings is 1. The van der Waals surface area contributed by atoms with E-state index < -0.39 is 87.8 Å². The van der Waals surface area contributed by atoms with Crippen molar-refractivity contribution in [2.24, 2.45) is 0 Å². The van der Waals surface area contributed by atoms with Gasteiger partial charge in [-0.3, -0.25) is 24.4 Å². The van der Waals surface area contributed by atoms with Crippen LogP contribution in [0.4, 0.5) is 42.7 Å². The van der Waals surface area contributed by atoms with Crippen molar-refractivity contribution in [3.05, 3.63) is 54.1 Å². The minimum Gasteiger partial charge on any atom is -0.351 e. The maximum atomic E-state index is 14.4. The third kappa shape index (κ3) is 8.31. The Balaban J connectivity index is 1.82. The number of nitrogens with zero attached hydrogens (tertiary/aromatic N) is 4. The molecule has 1 unspecified atom stereocenters. The highest BCUT2D eigenvalue weighted by Crippen LogP contribution is 3.02. The fraction of sp³-hybridized carbons (Fsp3) is 0.481. The molecule has 2 aromatic rings. The van der Waals surface area contributed by atoms with Crippen molar-refractivity contribution in [1.82, 2.24) is 15.2 Å². The second kappa shape index (κ2) is 11.6. The number of hydrogen-bond donors (Lipinski definition) is 1. The highest BCUT2D eigenvalue weighted by atomic mass is 32.5. The largest absolute Gasteiger partial charge is 0.351 e. The van der Waals surface area contributed by atoms with Crippen molar-refractivity contribution < 1.29 is 51.3 Å². The Hall–Kier alpha value is -3.72. The molecule has 1 saturated carbocycles. The number of anilines is 1. The number of hydrogen-bond acceptors (Lipinski definition) is 6. The van der Waals surface area contributed by atoms with Crippen LogP contribution in [0.15, 0.2) is 47.6 Å². The molecule has 1 saturated heterocycles. The number of nitrogens with one attached hydrogen (secondary N) is 1. The van der Waals surface area contributed by atoms with E-state index in [1.54, 1.807) is 6.19 Å². The van der Waals surface area contributed by atoms with Gasteiger partial charge in [-0.05, 0) is 50.1 Å². The Kier molecular flexibility index (Phi) is 8.79. The van der Waals surface area contributed by atoms with Crippen molar-refractivity contribution in [2.75, 3.05) is 11.4 Å². The lowest BCUT2D eigenvalue weighted by Crippen LogP contribution is -2.52. The molecule has 248 valence electrons. The van der Waals surface area contributed by atoms with Gasteiger partial charge in [-0.1, -0.05) is 19.4 Å². The molecule has 0 radical (unpaired) electrons. The lowest BCUT2D eigenvalue weighted by Gasteiger charge is -2.41. The minimum absolute atomic E-state index is 0.00653. The zero-order valence-corrected chi connectivity index (χ0v) is 24.3. The number of carbonyl (C=O) groups excluding carboxylic acids is 2. The van der Waals surface area contributed by atoms with Crippen molar-refractivity contribution in [3.8, 4) is 6.19 Å². The molecule has 1 aromatic carbocycles. The summed E-state index contributed by atoms with van der Waals surface area (Å²) in [6, 6.07) is -2.44. The molecule has 2 aliphatic rings. The molecule has 4 rings (SSSR count). The molecule has 1 N–H and O–H groups in total. The highest BCUT2D eigenvalue weighted by Gasteiger charge is 2.65.